The van der Waals surface area contributed by atoms with E-state index in [4.69, 9.17) is 0 Å². The summed E-state index contributed by atoms with van der Waals surface area (Å²) < 4.78 is 0. The highest BCUT2D eigenvalue weighted by Crippen LogP contribution is 2.30. The van der Waals surface area contributed by atoms with Crippen LogP contribution in [0.4, 0.5) is 5.69 Å². The van der Waals surface area contributed by atoms with E-state index >= 15 is 0 Å². The number of pyridine rings is 1. The first kappa shape index (κ1) is 16.8. The third-order valence-electron chi connectivity index (χ3n) is 5.63. The first-order chi connectivity index (χ1) is 12.6. The van der Waals surface area contributed by atoms with Crippen LogP contribution < -0.4 is 4.90 Å². The van der Waals surface area contributed by atoms with Crippen molar-refractivity contribution in [2.75, 3.05) is 25.0 Å². The fraction of sp³-hybridized carbons (Fsp3) is 0.381. The number of amides is 2. The number of rotatable bonds is 2. The van der Waals surface area contributed by atoms with E-state index < -0.39 is 0 Å². The second-order valence-electron chi connectivity index (χ2n) is 7.14. The lowest BCUT2D eigenvalue weighted by Crippen LogP contribution is -2.38. The fourth-order valence-corrected chi connectivity index (χ4v) is 4.02. The van der Waals surface area contributed by atoms with Crippen molar-refractivity contribution in [1.82, 2.24) is 9.88 Å². The molecular formula is C21H23N3O2. The molecule has 0 radical (unpaired) electrons. The van der Waals surface area contributed by atoms with Crippen LogP contribution in [0.1, 0.15) is 46.7 Å². The van der Waals surface area contributed by atoms with Crippen LogP contribution in [0.2, 0.25) is 0 Å². The zero-order valence-electron chi connectivity index (χ0n) is 15.0. The summed E-state index contributed by atoms with van der Waals surface area (Å²) in [6.07, 6.45) is 6.86. The summed E-state index contributed by atoms with van der Waals surface area (Å²) in [5.74, 6) is 0.737. The average Bonchev–Trinajstić information content (AvgIpc) is 2.71. The molecule has 134 valence electrons. The van der Waals surface area contributed by atoms with Crippen LogP contribution in [0.5, 0.6) is 0 Å². The van der Waals surface area contributed by atoms with Gasteiger partial charge in [0.25, 0.3) is 5.91 Å². The molecule has 0 unspecified atom stereocenters. The van der Waals surface area contributed by atoms with Gasteiger partial charge in [0.2, 0.25) is 5.91 Å². The van der Waals surface area contributed by atoms with E-state index in [-0.39, 0.29) is 11.8 Å². The number of fused-ring (bicyclic) bond motifs is 1. The number of piperidine rings is 1. The maximum atomic E-state index is 12.9. The van der Waals surface area contributed by atoms with Gasteiger partial charge < -0.3 is 9.80 Å². The van der Waals surface area contributed by atoms with Crippen LogP contribution in [-0.2, 0) is 11.2 Å². The van der Waals surface area contributed by atoms with Gasteiger partial charge in [0.15, 0.2) is 0 Å². The predicted molar refractivity (Wildman–Crippen MR) is 100 cm³/mol. The lowest BCUT2D eigenvalue weighted by Gasteiger charge is -2.33. The van der Waals surface area contributed by atoms with Gasteiger partial charge in [-0.25, -0.2) is 0 Å². The second kappa shape index (κ2) is 6.90. The number of nitrogens with zero attached hydrogens (tertiary/aromatic N) is 3. The largest absolute Gasteiger partial charge is 0.339 e. The summed E-state index contributed by atoms with van der Waals surface area (Å²) in [7, 11) is 1.80. The van der Waals surface area contributed by atoms with E-state index in [1.165, 1.54) is 5.56 Å². The number of likely N-dealkylation sites (tertiary alicyclic amines) is 1. The fourth-order valence-electron chi connectivity index (χ4n) is 4.02. The highest BCUT2D eigenvalue weighted by atomic mass is 16.2. The monoisotopic (exact) mass is 349 g/mol. The van der Waals surface area contributed by atoms with E-state index in [1.54, 1.807) is 11.9 Å². The molecule has 1 saturated heterocycles. The van der Waals surface area contributed by atoms with Gasteiger partial charge in [-0.3, -0.25) is 14.6 Å². The highest BCUT2D eigenvalue weighted by molar-refractivity contribution is 5.99. The SMILES string of the molecule is CN1C(=O)CCc2cc(C(=O)N3CCC(c4ccncc4)CC3)ccc21. The van der Waals surface area contributed by atoms with Gasteiger partial charge in [0, 0.05) is 50.2 Å². The molecule has 2 amide bonds. The molecule has 4 rings (SSSR count). The molecule has 0 bridgehead atoms. The van der Waals surface area contributed by atoms with E-state index in [1.807, 2.05) is 35.5 Å². The lowest BCUT2D eigenvalue weighted by atomic mass is 9.89. The molecule has 0 saturated carbocycles. The van der Waals surface area contributed by atoms with Gasteiger partial charge in [-0.2, -0.15) is 0 Å². The zero-order chi connectivity index (χ0) is 18.1. The number of anilines is 1. The molecule has 1 fully saturated rings. The number of hydrogen-bond donors (Lipinski definition) is 0. The summed E-state index contributed by atoms with van der Waals surface area (Å²) in [5, 5.41) is 0. The summed E-state index contributed by atoms with van der Waals surface area (Å²) in [4.78, 5) is 32.4. The minimum Gasteiger partial charge on any atom is -0.339 e. The molecule has 1 aromatic heterocycles. The molecule has 3 heterocycles. The molecule has 2 aliphatic heterocycles. The predicted octanol–water partition coefficient (Wildman–Crippen LogP) is 3.01. The Hall–Kier alpha value is -2.69. The summed E-state index contributed by atoms with van der Waals surface area (Å²) in [6, 6.07) is 9.87. The minimum atomic E-state index is 0.0977. The van der Waals surface area contributed by atoms with Crippen LogP contribution in [0.3, 0.4) is 0 Å². The van der Waals surface area contributed by atoms with Gasteiger partial charge in [-0.05, 0) is 66.6 Å². The van der Waals surface area contributed by atoms with Crippen molar-refractivity contribution in [3.63, 3.8) is 0 Å². The van der Waals surface area contributed by atoms with Crippen LogP contribution >= 0.6 is 0 Å². The van der Waals surface area contributed by atoms with Crippen LogP contribution in [0.25, 0.3) is 0 Å². The normalized spacial score (nSPS) is 18.0. The Morgan fingerprint density at radius 3 is 2.54 bits per heavy atom. The molecule has 5 heteroatoms. The quantitative estimate of drug-likeness (QED) is 0.837. The molecule has 0 N–H and O–H groups in total. The molecule has 0 spiro atoms. The van der Waals surface area contributed by atoms with Crippen LogP contribution in [-0.4, -0.2) is 41.8 Å². The smallest absolute Gasteiger partial charge is 0.253 e. The third-order valence-corrected chi connectivity index (χ3v) is 5.63. The number of benzene rings is 1. The topological polar surface area (TPSA) is 53.5 Å². The van der Waals surface area contributed by atoms with Gasteiger partial charge in [0.05, 0.1) is 0 Å². The van der Waals surface area contributed by atoms with Crippen molar-refractivity contribution in [1.29, 1.82) is 0 Å². The molecule has 2 aromatic rings. The number of aryl methyl sites for hydroxylation is 1. The van der Waals surface area contributed by atoms with Crippen molar-refractivity contribution >= 4 is 17.5 Å². The van der Waals surface area contributed by atoms with E-state index in [9.17, 15) is 9.59 Å². The third kappa shape index (κ3) is 3.09. The van der Waals surface area contributed by atoms with Gasteiger partial charge in [-0.1, -0.05) is 0 Å². The standard InChI is InChI=1S/C21H23N3O2/c1-23-19-4-2-18(14-17(19)3-5-20(23)25)21(26)24-12-8-16(9-13-24)15-6-10-22-11-7-15/h2,4,6-7,10-11,14,16H,3,5,8-9,12-13H2,1H3. The van der Waals surface area contributed by atoms with Crippen molar-refractivity contribution < 1.29 is 9.59 Å². The van der Waals surface area contributed by atoms with Crippen LogP contribution in [0, 0.1) is 0 Å². The Morgan fingerprint density at radius 2 is 1.81 bits per heavy atom. The van der Waals surface area contributed by atoms with E-state index in [2.05, 4.69) is 17.1 Å². The molecule has 26 heavy (non-hydrogen) atoms. The highest BCUT2D eigenvalue weighted by Gasteiger charge is 2.26. The van der Waals surface area contributed by atoms with Crippen molar-refractivity contribution in [3.05, 3.63) is 59.4 Å². The van der Waals surface area contributed by atoms with Crippen molar-refractivity contribution in [2.45, 2.75) is 31.6 Å². The second-order valence-corrected chi connectivity index (χ2v) is 7.14. The summed E-state index contributed by atoms with van der Waals surface area (Å²) in [6.45, 7) is 1.56. The summed E-state index contributed by atoms with van der Waals surface area (Å²) >= 11 is 0. The maximum absolute atomic E-state index is 12.9. The Kier molecular flexibility index (Phi) is 4.45. The lowest BCUT2D eigenvalue weighted by molar-refractivity contribution is -0.118. The maximum Gasteiger partial charge on any atom is 0.253 e. The molecule has 5 nitrogen and oxygen atoms in total. The van der Waals surface area contributed by atoms with Gasteiger partial charge >= 0.3 is 0 Å². The molecule has 0 atom stereocenters. The Labute approximate surface area is 153 Å². The van der Waals surface area contributed by atoms with Crippen molar-refractivity contribution in [2.24, 2.45) is 0 Å². The Balaban J connectivity index is 1.45. The van der Waals surface area contributed by atoms with E-state index in [0.29, 0.717) is 18.8 Å². The first-order valence-electron chi connectivity index (χ1n) is 9.22. The van der Waals surface area contributed by atoms with Gasteiger partial charge in [-0.15, -0.1) is 0 Å². The molecule has 0 aliphatic carbocycles. The van der Waals surface area contributed by atoms with E-state index in [0.717, 1.165) is 42.7 Å². The number of carbonyl (C=O) groups is 2. The van der Waals surface area contributed by atoms with Crippen molar-refractivity contribution in [3.8, 4) is 0 Å². The van der Waals surface area contributed by atoms with Gasteiger partial charge in [0.1, 0.15) is 0 Å². The first-order valence-corrected chi connectivity index (χ1v) is 9.22. The number of aromatic nitrogens is 1. The number of carbonyl (C=O) groups excluding carboxylic acids is 2. The molecule has 2 aliphatic rings. The Morgan fingerprint density at radius 1 is 1.08 bits per heavy atom. The average molecular weight is 349 g/mol. The minimum absolute atomic E-state index is 0.0977. The number of hydrogen-bond acceptors (Lipinski definition) is 3. The molecular weight excluding hydrogens is 326 g/mol. The molecule has 1 aromatic carbocycles. The zero-order valence-corrected chi connectivity index (χ0v) is 15.0. The van der Waals surface area contributed by atoms with Crippen LogP contribution in [0.15, 0.2) is 42.7 Å². The Bertz CT molecular complexity index is 826. The summed E-state index contributed by atoms with van der Waals surface area (Å²) in [5.41, 5.74) is 4.06.